The van der Waals surface area contributed by atoms with Crippen molar-refractivity contribution in [3.63, 3.8) is 0 Å². The van der Waals surface area contributed by atoms with E-state index < -0.39 is 5.54 Å². The van der Waals surface area contributed by atoms with Crippen molar-refractivity contribution in [1.82, 2.24) is 20.0 Å². The molecule has 0 aromatic carbocycles. The Hall–Kier alpha value is -2.87. The van der Waals surface area contributed by atoms with Crippen LogP contribution in [-0.2, 0) is 17.9 Å². The van der Waals surface area contributed by atoms with Crippen LogP contribution in [-0.4, -0.2) is 38.1 Å². The Kier molecular flexibility index (Phi) is 5.63. The van der Waals surface area contributed by atoms with E-state index in [9.17, 15) is 9.59 Å². The monoisotopic (exact) mass is 452 g/mol. The van der Waals surface area contributed by atoms with E-state index in [1.807, 2.05) is 30.5 Å². The molecule has 0 bridgehead atoms. The summed E-state index contributed by atoms with van der Waals surface area (Å²) in [6.07, 6.45) is 8.29. The molecule has 2 amide bonds. The highest BCUT2D eigenvalue weighted by molar-refractivity contribution is 7.09. The Labute approximate surface area is 191 Å². The first-order valence-electron chi connectivity index (χ1n) is 11.3. The van der Waals surface area contributed by atoms with Crippen molar-refractivity contribution in [2.75, 3.05) is 0 Å². The van der Waals surface area contributed by atoms with Gasteiger partial charge in [0.15, 0.2) is 5.76 Å². The zero-order valence-corrected chi connectivity index (χ0v) is 19.1. The Bertz CT molecular complexity index is 1080. The highest BCUT2D eigenvalue weighted by Crippen LogP contribution is 2.32. The van der Waals surface area contributed by atoms with Crippen molar-refractivity contribution in [3.05, 3.63) is 52.5 Å². The average Bonchev–Trinajstić information content (AvgIpc) is 3.52. The fourth-order valence-electron chi connectivity index (χ4n) is 4.76. The number of carbonyl (C=O) groups is 2. The molecular formula is C24H28N4O3S. The van der Waals surface area contributed by atoms with E-state index in [2.05, 4.69) is 10.4 Å². The van der Waals surface area contributed by atoms with Gasteiger partial charge in [0.25, 0.3) is 5.91 Å². The molecule has 3 aromatic rings. The van der Waals surface area contributed by atoms with Crippen molar-refractivity contribution in [3.8, 4) is 11.5 Å². The van der Waals surface area contributed by atoms with E-state index >= 15 is 0 Å². The van der Waals surface area contributed by atoms with E-state index in [-0.39, 0.29) is 17.9 Å². The first kappa shape index (κ1) is 21.0. The average molecular weight is 453 g/mol. The van der Waals surface area contributed by atoms with E-state index in [4.69, 9.17) is 4.42 Å². The first-order valence-corrected chi connectivity index (χ1v) is 12.2. The number of rotatable bonds is 5. The molecular weight excluding hydrogens is 424 g/mol. The highest BCUT2D eigenvalue weighted by atomic mass is 32.1. The van der Waals surface area contributed by atoms with E-state index in [1.54, 1.807) is 39.3 Å². The summed E-state index contributed by atoms with van der Waals surface area (Å²) < 4.78 is 7.14. The molecule has 2 aliphatic rings. The molecule has 5 rings (SSSR count). The normalized spacial score (nSPS) is 21.9. The van der Waals surface area contributed by atoms with E-state index in [0.29, 0.717) is 30.2 Å². The summed E-state index contributed by atoms with van der Waals surface area (Å²) in [7, 11) is 0. The number of fused-ring (bicyclic) bond motifs is 1. The number of nitrogens with one attached hydrogen (secondary N) is 1. The van der Waals surface area contributed by atoms with Crippen molar-refractivity contribution < 1.29 is 14.0 Å². The molecule has 1 fully saturated rings. The van der Waals surface area contributed by atoms with Gasteiger partial charge in [-0.15, -0.1) is 11.3 Å². The Morgan fingerprint density at radius 2 is 2.06 bits per heavy atom. The molecule has 1 aliphatic heterocycles. The second-order valence-corrected chi connectivity index (χ2v) is 9.99. The third-order valence-corrected chi connectivity index (χ3v) is 7.51. The molecule has 32 heavy (non-hydrogen) atoms. The predicted molar refractivity (Wildman–Crippen MR) is 122 cm³/mol. The lowest BCUT2D eigenvalue weighted by atomic mass is 9.93. The molecule has 0 saturated heterocycles. The summed E-state index contributed by atoms with van der Waals surface area (Å²) in [6, 6.07) is 9.51. The second-order valence-electron chi connectivity index (χ2n) is 8.96. The van der Waals surface area contributed by atoms with Gasteiger partial charge >= 0.3 is 0 Å². The summed E-state index contributed by atoms with van der Waals surface area (Å²) >= 11 is 1.59. The third kappa shape index (κ3) is 3.88. The van der Waals surface area contributed by atoms with Gasteiger partial charge in [-0.3, -0.25) is 14.3 Å². The maximum atomic E-state index is 13.7. The minimum atomic E-state index is -1.03. The second kappa shape index (κ2) is 8.58. The van der Waals surface area contributed by atoms with Crippen LogP contribution in [0.15, 0.2) is 46.4 Å². The van der Waals surface area contributed by atoms with Crippen LogP contribution < -0.4 is 5.32 Å². The van der Waals surface area contributed by atoms with Crippen molar-refractivity contribution in [1.29, 1.82) is 0 Å². The first-order chi connectivity index (χ1) is 15.5. The lowest BCUT2D eigenvalue weighted by molar-refractivity contribution is -0.134. The van der Waals surface area contributed by atoms with Gasteiger partial charge in [0.1, 0.15) is 16.9 Å². The van der Waals surface area contributed by atoms with Gasteiger partial charge in [0.05, 0.1) is 19.4 Å². The third-order valence-electron chi connectivity index (χ3n) is 6.64. The molecule has 8 heteroatoms. The smallest absolute Gasteiger partial charge is 0.273 e. The predicted octanol–water partition coefficient (Wildman–Crippen LogP) is 4.46. The molecule has 0 radical (unpaired) electrons. The van der Waals surface area contributed by atoms with Crippen LogP contribution in [0.5, 0.6) is 0 Å². The molecule has 1 atom stereocenters. The standard InChI is InChI=1S/C24H28N4O3S/c1-24(23(30)25-17-8-4-2-3-5-9-17)16-28-20(14-19(26-28)21-11-6-12-31-21)22(29)27(24)15-18-10-7-13-32-18/h6-7,10-14,17H,2-5,8-9,15-16H2,1H3,(H,25,30). The minimum absolute atomic E-state index is 0.102. The zero-order valence-electron chi connectivity index (χ0n) is 18.3. The Morgan fingerprint density at radius 3 is 2.75 bits per heavy atom. The van der Waals surface area contributed by atoms with Crippen LogP contribution in [0.3, 0.4) is 0 Å². The van der Waals surface area contributed by atoms with E-state index in [1.165, 1.54) is 12.8 Å². The summed E-state index contributed by atoms with van der Waals surface area (Å²) in [5, 5.41) is 9.88. The number of amides is 2. The number of furan rings is 1. The summed E-state index contributed by atoms with van der Waals surface area (Å²) in [5.74, 6) is 0.317. The van der Waals surface area contributed by atoms with Gasteiger partial charge in [-0.25, -0.2) is 0 Å². The molecule has 1 unspecified atom stereocenters. The van der Waals surface area contributed by atoms with Crippen molar-refractivity contribution in [2.24, 2.45) is 0 Å². The molecule has 7 nitrogen and oxygen atoms in total. The largest absolute Gasteiger partial charge is 0.463 e. The van der Waals surface area contributed by atoms with Crippen LogP contribution >= 0.6 is 11.3 Å². The number of thiophene rings is 1. The lowest BCUT2D eigenvalue weighted by Crippen LogP contribution is -2.64. The van der Waals surface area contributed by atoms with Gasteiger partial charge < -0.3 is 14.6 Å². The number of carbonyl (C=O) groups excluding carboxylic acids is 2. The van der Waals surface area contributed by atoms with Gasteiger partial charge in [-0.1, -0.05) is 31.7 Å². The molecule has 3 aromatic heterocycles. The van der Waals surface area contributed by atoms with Gasteiger partial charge in [0, 0.05) is 17.0 Å². The molecule has 1 saturated carbocycles. The number of hydrogen-bond donors (Lipinski definition) is 1. The Balaban J connectivity index is 1.48. The fraction of sp³-hybridized carbons (Fsp3) is 0.458. The van der Waals surface area contributed by atoms with Crippen LogP contribution in [0, 0.1) is 0 Å². The van der Waals surface area contributed by atoms with Crippen LogP contribution in [0.1, 0.15) is 60.8 Å². The summed E-state index contributed by atoms with van der Waals surface area (Å²) in [4.78, 5) is 30.1. The molecule has 4 heterocycles. The topological polar surface area (TPSA) is 80.4 Å². The van der Waals surface area contributed by atoms with Crippen LogP contribution in [0.25, 0.3) is 11.5 Å². The highest BCUT2D eigenvalue weighted by Gasteiger charge is 2.48. The SMILES string of the molecule is CC1(C(=O)NC2CCCCCC2)Cn2nc(-c3ccco3)cc2C(=O)N1Cc1cccs1. The minimum Gasteiger partial charge on any atom is -0.463 e. The quantitative estimate of drug-likeness (QED) is 0.580. The zero-order chi connectivity index (χ0) is 22.1. The van der Waals surface area contributed by atoms with Crippen LogP contribution in [0.2, 0.25) is 0 Å². The van der Waals surface area contributed by atoms with Crippen LogP contribution in [0.4, 0.5) is 0 Å². The van der Waals surface area contributed by atoms with Gasteiger partial charge in [-0.05, 0) is 43.3 Å². The maximum Gasteiger partial charge on any atom is 0.273 e. The summed E-state index contributed by atoms with van der Waals surface area (Å²) in [5.41, 5.74) is 0.0443. The molecule has 1 aliphatic carbocycles. The summed E-state index contributed by atoms with van der Waals surface area (Å²) in [6.45, 7) is 2.56. The number of aromatic nitrogens is 2. The fourth-order valence-corrected chi connectivity index (χ4v) is 5.45. The van der Waals surface area contributed by atoms with Gasteiger partial charge in [0.2, 0.25) is 5.91 Å². The van der Waals surface area contributed by atoms with Gasteiger partial charge in [-0.2, -0.15) is 5.10 Å². The number of nitrogens with zero attached hydrogens (tertiary/aromatic N) is 3. The molecule has 1 N–H and O–H groups in total. The van der Waals surface area contributed by atoms with Crippen molar-refractivity contribution >= 4 is 23.2 Å². The molecule has 0 spiro atoms. The molecule has 168 valence electrons. The number of hydrogen-bond acceptors (Lipinski definition) is 5. The van der Waals surface area contributed by atoms with E-state index in [0.717, 1.165) is 30.6 Å². The Morgan fingerprint density at radius 1 is 1.25 bits per heavy atom. The van der Waals surface area contributed by atoms with Crippen molar-refractivity contribution in [2.45, 2.75) is 70.1 Å². The maximum absolute atomic E-state index is 13.7. The lowest BCUT2D eigenvalue weighted by Gasteiger charge is -2.43.